The fraction of sp³-hybridized carbons (Fsp3) is 0.174. The number of benzene rings is 1. The maximum Gasteiger partial charge on any atom is 0.339 e. The van der Waals surface area contributed by atoms with Gasteiger partial charge in [0.2, 0.25) is 0 Å². The number of nitrogens with one attached hydrogen (secondary N) is 1. The van der Waals surface area contributed by atoms with Gasteiger partial charge < -0.3 is 4.98 Å². The zero-order valence-corrected chi connectivity index (χ0v) is 18.6. The van der Waals surface area contributed by atoms with Crippen LogP contribution in [0.4, 0.5) is 0 Å². The molecule has 0 aliphatic heterocycles. The van der Waals surface area contributed by atoms with E-state index >= 15 is 0 Å². The summed E-state index contributed by atoms with van der Waals surface area (Å²) in [6.07, 6.45) is 3.05. The standard InChI is InChI=1S/C23H20ClN7O/c1-13-6-5-7-17(8-13)30-18(9-20-28-12-19(24)31(20)23(30)32)14(2)29-22(26-4)21-15(3)27-11-16(21)10-25/h5-9,11-12,14,27H,4H2,1-3H3. The Labute approximate surface area is 189 Å². The Bertz CT molecular complexity index is 1480. The first-order valence-electron chi connectivity index (χ1n) is 9.84. The van der Waals surface area contributed by atoms with Gasteiger partial charge in [-0.3, -0.25) is 9.56 Å². The molecule has 1 unspecified atom stereocenters. The SMILES string of the molecule is C=NC(=NC(C)c1cc2ncc(Cl)n2c(=O)n1-c1cccc(C)c1)c1c(C#N)c[nH]c1C. The van der Waals surface area contributed by atoms with Crippen LogP contribution in [0.1, 0.15) is 41.0 Å². The van der Waals surface area contributed by atoms with E-state index in [1.165, 1.54) is 10.6 Å². The highest BCUT2D eigenvalue weighted by atomic mass is 35.5. The van der Waals surface area contributed by atoms with Crippen molar-refractivity contribution in [1.29, 1.82) is 5.26 Å². The number of nitrogens with zero attached hydrogens (tertiary/aromatic N) is 6. The molecule has 9 heteroatoms. The average Bonchev–Trinajstić information content (AvgIpc) is 3.34. The van der Waals surface area contributed by atoms with E-state index in [0.29, 0.717) is 34.0 Å². The molecule has 8 nitrogen and oxygen atoms in total. The maximum atomic E-state index is 13.5. The number of aliphatic imine (C=N–C) groups is 2. The fourth-order valence-corrected chi connectivity index (χ4v) is 3.92. The number of hydrogen-bond acceptors (Lipinski definition) is 4. The number of halogens is 1. The second kappa shape index (κ2) is 8.29. The Balaban J connectivity index is 1.97. The first-order chi connectivity index (χ1) is 15.3. The molecule has 0 spiro atoms. The molecule has 0 saturated carbocycles. The molecule has 1 N–H and O–H groups in total. The van der Waals surface area contributed by atoms with Crippen molar-refractivity contribution in [2.24, 2.45) is 9.98 Å². The highest BCUT2D eigenvalue weighted by molar-refractivity contribution is 6.29. The summed E-state index contributed by atoms with van der Waals surface area (Å²) in [6.45, 7) is 9.28. The van der Waals surface area contributed by atoms with E-state index in [1.807, 2.05) is 45.0 Å². The molecular formula is C23H20ClN7O. The van der Waals surface area contributed by atoms with Gasteiger partial charge in [0.1, 0.15) is 16.9 Å². The van der Waals surface area contributed by atoms with Crippen LogP contribution in [0.2, 0.25) is 5.15 Å². The van der Waals surface area contributed by atoms with Crippen molar-refractivity contribution in [2.75, 3.05) is 0 Å². The Hall–Kier alpha value is -3.96. The molecule has 160 valence electrons. The normalized spacial score (nSPS) is 12.7. The predicted molar refractivity (Wildman–Crippen MR) is 125 cm³/mol. The number of aryl methyl sites for hydroxylation is 2. The van der Waals surface area contributed by atoms with E-state index in [2.05, 4.69) is 27.7 Å². The van der Waals surface area contributed by atoms with Crippen molar-refractivity contribution in [2.45, 2.75) is 26.8 Å². The van der Waals surface area contributed by atoms with Crippen LogP contribution in [0.5, 0.6) is 0 Å². The van der Waals surface area contributed by atoms with Crippen LogP contribution in [-0.2, 0) is 0 Å². The number of fused-ring (bicyclic) bond motifs is 1. The topological polar surface area (TPSA) is 104 Å². The van der Waals surface area contributed by atoms with E-state index in [9.17, 15) is 10.1 Å². The first kappa shape index (κ1) is 21.3. The molecule has 1 aromatic carbocycles. The van der Waals surface area contributed by atoms with Gasteiger partial charge in [-0.2, -0.15) is 5.26 Å². The van der Waals surface area contributed by atoms with Crippen molar-refractivity contribution >= 4 is 29.8 Å². The van der Waals surface area contributed by atoms with Gasteiger partial charge in [-0.1, -0.05) is 23.7 Å². The molecule has 0 aliphatic rings. The number of rotatable bonds is 4. The lowest BCUT2D eigenvalue weighted by Crippen LogP contribution is -2.29. The summed E-state index contributed by atoms with van der Waals surface area (Å²) < 4.78 is 2.91. The number of aromatic nitrogens is 4. The van der Waals surface area contributed by atoms with Crippen LogP contribution >= 0.6 is 11.6 Å². The fourth-order valence-electron chi connectivity index (χ4n) is 3.71. The predicted octanol–water partition coefficient (Wildman–Crippen LogP) is 4.16. The quantitative estimate of drug-likeness (QED) is 0.376. The largest absolute Gasteiger partial charge is 0.363 e. The van der Waals surface area contributed by atoms with Crippen molar-refractivity contribution in [3.05, 3.63) is 86.4 Å². The first-order valence-corrected chi connectivity index (χ1v) is 10.2. The van der Waals surface area contributed by atoms with Gasteiger partial charge in [0, 0.05) is 18.0 Å². The molecule has 3 heterocycles. The molecule has 1 atom stereocenters. The van der Waals surface area contributed by atoms with Crippen LogP contribution in [-0.4, -0.2) is 31.5 Å². The third kappa shape index (κ3) is 3.53. The summed E-state index contributed by atoms with van der Waals surface area (Å²) in [5, 5.41) is 9.67. The number of nitriles is 1. The Morgan fingerprint density at radius 1 is 1.34 bits per heavy atom. The van der Waals surface area contributed by atoms with Gasteiger partial charge in [-0.15, -0.1) is 0 Å². The zero-order chi connectivity index (χ0) is 23.0. The van der Waals surface area contributed by atoms with Crippen LogP contribution < -0.4 is 5.69 Å². The second-order valence-corrected chi connectivity index (χ2v) is 7.79. The van der Waals surface area contributed by atoms with Gasteiger partial charge in [-0.25, -0.2) is 19.2 Å². The number of imidazole rings is 1. The van der Waals surface area contributed by atoms with Gasteiger partial charge in [0.25, 0.3) is 0 Å². The van der Waals surface area contributed by atoms with Crippen molar-refractivity contribution in [3.63, 3.8) is 0 Å². The molecule has 32 heavy (non-hydrogen) atoms. The molecule has 4 rings (SSSR count). The molecule has 0 fully saturated rings. The third-order valence-electron chi connectivity index (χ3n) is 5.24. The summed E-state index contributed by atoms with van der Waals surface area (Å²) in [7, 11) is 0. The lowest BCUT2D eigenvalue weighted by Gasteiger charge is -2.18. The number of H-pyrrole nitrogens is 1. The Morgan fingerprint density at radius 2 is 2.12 bits per heavy atom. The van der Waals surface area contributed by atoms with E-state index in [1.54, 1.807) is 16.8 Å². The monoisotopic (exact) mass is 445 g/mol. The summed E-state index contributed by atoms with van der Waals surface area (Å²) in [5.74, 6) is 0.317. The minimum atomic E-state index is -0.509. The maximum absolute atomic E-state index is 13.5. The zero-order valence-electron chi connectivity index (χ0n) is 17.8. The molecule has 0 saturated heterocycles. The molecule has 4 aromatic rings. The van der Waals surface area contributed by atoms with E-state index in [-0.39, 0.29) is 10.8 Å². The van der Waals surface area contributed by atoms with Crippen molar-refractivity contribution < 1.29 is 0 Å². The highest BCUT2D eigenvalue weighted by Crippen LogP contribution is 2.25. The number of aromatic amines is 1. The van der Waals surface area contributed by atoms with Gasteiger partial charge in [0.05, 0.1) is 34.7 Å². The second-order valence-electron chi connectivity index (χ2n) is 7.40. The number of amidine groups is 1. The number of hydrogen-bond donors (Lipinski definition) is 1. The molecule has 0 amide bonds. The minimum Gasteiger partial charge on any atom is -0.363 e. The highest BCUT2D eigenvalue weighted by Gasteiger charge is 2.20. The Morgan fingerprint density at radius 3 is 2.81 bits per heavy atom. The summed E-state index contributed by atoms with van der Waals surface area (Å²) in [6, 6.07) is 11.0. The average molecular weight is 446 g/mol. The minimum absolute atomic E-state index is 0.226. The van der Waals surface area contributed by atoms with Crippen molar-refractivity contribution in [3.8, 4) is 11.8 Å². The summed E-state index contributed by atoms with van der Waals surface area (Å²) in [5.41, 5.74) is 4.12. The van der Waals surface area contributed by atoms with E-state index < -0.39 is 6.04 Å². The lowest BCUT2D eigenvalue weighted by molar-refractivity contribution is 0.709. The molecule has 3 aromatic heterocycles. The lowest BCUT2D eigenvalue weighted by atomic mass is 10.1. The van der Waals surface area contributed by atoms with E-state index in [0.717, 1.165) is 11.3 Å². The van der Waals surface area contributed by atoms with Gasteiger partial charge in [0.15, 0.2) is 5.84 Å². The molecule has 0 bridgehead atoms. The summed E-state index contributed by atoms with van der Waals surface area (Å²) >= 11 is 6.23. The van der Waals surface area contributed by atoms with Crippen LogP contribution in [0.3, 0.4) is 0 Å². The van der Waals surface area contributed by atoms with Crippen LogP contribution in [0.15, 0.2) is 57.5 Å². The van der Waals surface area contributed by atoms with Crippen molar-refractivity contribution in [1.82, 2.24) is 18.9 Å². The smallest absolute Gasteiger partial charge is 0.339 e. The van der Waals surface area contributed by atoms with Crippen LogP contribution in [0.25, 0.3) is 11.3 Å². The van der Waals surface area contributed by atoms with Crippen LogP contribution in [0, 0.1) is 25.2 Å². The summed E-state index contributed by atoms with van der Waals surface area (Å²) in [4.78, 5) is 29.5. The van der Waals surface area contributed by atoms with Gasteiger partial charge in [-0.05, 0) is 45.2 Å². The van der Waals surface area contributed by atoms with E-state index in [4.69, 9.17) is 16.6 Å². The molecule has 0 aliphatic carbocycles. The third-order valence-corrected chi connectivity index (χ3v) is 5.51. The Kier molecular flexibility index (Phi) is 5.51. The molecular weight excluding hydrogens is 426 g/mol. The van der Waals surface area contributed by atoms with Gasteiger partial charge >= 0.3 is 5.69 Å². The molecule has 0 radical (unpaired) electrons.